The van der Waals surface area contributed by atoms with Gasteiger partial charge in [-0.3, -0.25) is 9.78 Å². The second-order valence-corrected chi connectivity index (χ2v) is 14.1. The number of carbonyl (C=O) groups is 1. The van der Waals surface area contributed by atoms with Gasteiger partial charge in [-0.1, -0.05) is 66.5 Å². The lowest BCUT2D eigenvalue weighted by Gasteiger charge is -2.32. The quantitative estimate of drug-likeness (QED) is 0.431. The first-order valence-corrected chi connectivity index (χ1v) is 14.5. The standard InChI is InChI=1S/C29H42N2OS2/c1-20-11-10-12-23(31-20)18-30-27(32)19-33-25-13-8-9-14-26(25)34-24-16-21(28(2,3)4)15-22(17-24)29(5,6)7/h10-12,15-17,25-26H,8-9,13-14,18-19H2,1-7H3,(H,30,32)/t25-,26-/m1/s1. The molecule has 186 valence electrons. The third-order valence-corrected chi connectivity index (χ3v) is 9.38. The molecule has 0 unspecified atom stereocenters. The van der Waals surface area contributed by atoms with E-state index in [1.807, 2.05) is 48.6 Å². The molecule has 1 aliphatic carbocycles. The number of pyridine rings is 1. The molecule has 1 aromatic carbocycles. The molecule has 5 heteroatoms. The normalized spacial score (nSPS) is 19.1. The number of aryl methyl sites for hydroxylation is 1. The zero-order valence-corrected chi connectivity index (χ0v) is 23.7. The Kier molecular flexibility index (Phi) is 9.19. The van der Waals surface area contributed by atoms with Crippen molar-refractivity contribution in [2.24, 2.45) is 0 Å². The maximum atomic E-state index is 12.6. The van der Waals surface area contributed by atoms with Crippen LogP contribution in [0.5, 0.6) is 0 Å². The summed E-state index contributed by atoms with van der Waals surface area (Å²) < 4.78 is 0. The van der Waals surface area contributed by atoms with Gasteiger partial charge < -0.3 is 5.32 Å². The molecule has 0 aliphatic heterocycles. The lowest BCUT2D eigenvalue weighted by atomic mass is 9.81. The van der Waals surface area contributed by atoms with E-state index >= 15 is 0 Å². The van der Waals surface area contributed by atoms with Crippen LogP contribution < -0.4 is 5.32 Å². The van der Waals surface area contributed by atoms with Gasteiger partial charge in [0.25, 0.3) is 0 Å². The molecule has 0 spiro atoms. The van der Waals surface area contributed by atoms with Crippen LogP contribution in [0.3, 0.4) is 0 Å². The molecule has 0 radical (unpaired) electrons. The number of carbonyl (C=O) groups excluding carboxylic acids is 1. The minimum Gasteiger partial charge on any atom is -0.350 e. The van der Waals surface area contributed by atoms with Gasteiger partial charge in [-0.25, -0.2) is 0 Å². The number of nitrogens with zero attached hydrogens (tertiary/aromatic N) is 1. The van der Waals surface area contributed by atoms with E-state index in [4.69, 9.17) is 0 Å². The highest BCUT2D eigenvalue weighted by molar-refractivity contribution is 8.04. The first kappa shape index (κ1) is 27.1. The molecule has 1 aromatic heterocycles. The highest BCUT2D eigenvalue weighted by Gasteiger charge is 2.28. The summed E-state index contributed by atoms with van der Waals surface area (Å²) in [6.45, 7) is 16.3. The van der Waals surface area contributed by atoms with Crippen LogP contribution in [-0.2, 0) is 22.2 Å². The van der Waals surface area contributed by atoms with Crippen molar-refractivity contribution >= 4 is 29.4 Å². The van der Waals surface area contributed by atoms with E-state index in [1.165, 1.54) is 41.7 Å². The van der Waals surface area contributed by atoms with Gasteiger partial charge in [0.05, 0.1) is 18.0 Å². The first-order chi connectivity index (χ1) is 15.9. The zero-order valence-electron chi connectivity index (χ0n) is 22.0. The molecule has 1 fully saturated rings. The molecule has 1 amide bonds. The highest BCUT2D eigenvalue weighted by atomic mass is 32.2. The van der Waals surface area contributed by atoms with Crippen LogP contribution in [0.15, 0.2) is 41.3 Å². The number of benzene rings is 1. The van der Waals surface area contributed by atoms with Crippen LogP contribution in [0.2, 0.25) is 0 Å². The van der Waals surface area contributed by atoms with Crippen molar-refractivity contribution in [3.63, 3.8) is 0 Å². The molecule has 2 atom stereocenters. The zero-order chi connectivity index (χ0) is 24.9. The van der Waals surface area contributed by atoms with Crippen LogP contribution in [0.4, 0.5) is 0 Å². The molecular formula is C29H42N2OS2. The lowest BCUT2D eigenvalue weighted by molar-refractivity contribution is -0.118. The van der Waals surface area contributed by atoms with Crippen molar-refractivity contribution in [2.45, 2.75) is 107 Å². The Morgan fingerprint density at radius 2 is 1.59 bits per heavy atom. The van der Waals surface area contributed by atoms with Crippen LogP contribution >= 0.6 is 23.5 Å². The Morgan fingerprint density at radius 3 is 2.18 bits per heavy atom. The molecule has 3 nitrogen and oxygen atoms in total. The van der Waals surface area contributed by atoms with Gasteiger partial charge in [0.1, 0.15) is 0 Å². The van der Waals surface area contributed by atoms with Crippen molar-refractivity contribution in [2.75, 3.05) is 5.75 Å². The molecule has 3 rings (SSSR count). The number of thioether (sulfide) groups is 2. The lowest BCUT2D eigenvalue weighted by Crippen LogP contribution is -2.29. The third-order valence-electron chi connectivity index (χ3n) is 6.41. The summed E-state index contributed by atoms with van der Waals surface area (Å²) >= 11 is 3.87. The highest BCUT2D eigenvalue weighted by Crippen LogP contribution is 2.42. The number of hydrogen-bond acceptors (Lipinski definition) is 4. The van der Waals surface area contributed by atoms with Crippen molar-refractivity contribution in [3.05, 3.63) is 58.9 Å². The van der Waals surface area contributed by atoms with Gasteiger partial charge in [0.15, 0.2) is 0 Å². The Balaban J connectivity index is 1.64. The Labute approximate surface area is 215 Å². The van der Waals surface area contributed by atoms with Crippen LogP contribution in [0, 0.1) is 6.92 Å². The number of rotatable bonds is 7. The average Bonchev–Trinajstić information content (AvgIpc) is 2.76. The second-order valence-electron chi connectivity index (χ2n) is 11.6. The first-order valence-electron chi connectivity index (χ1n) is 12.6. The maximum absolute atomic E-state index is 12.6. The fourth-order valence-electron chi connectivity index (χ4n) is 4.22. The monoisotopic (exact) mass is 498 g/mol. The van der Waals surface area contributed by atoms with Gasteiger partial charge >= 0.3 is 0 Å². The van der Waals surface area contributed by atoms with Crippen molar-refractivity contribution in [3.8, 4) is 0 Å². The van der Waals surface area contributed by atoms with Crippen molar-refractivity contribution in [1.29, 1.82) is 0 Å². The van der Waals surface area contributed by atoms with E-state index in [2.05, 4.69) is 70.0 Å². The summed E-state index contributed by atoms with van der Waals surface area (Å²) in [6, 6.07) is 13.1. The van der Waals surface area contributed by atoms with E-state index in [-0.39, 0.29) is 16.7 Å². The molecular weight excluding hydrogens is 456 g/mol. The van der Waals surface area contributed by atoms with Crippen LogP contribution in [-0.4, -0.2) is 27.1 Å². The summed E-state index contributed by atoms with van der Waals surface area (Å²) in [5.74, 6) is 0.621. The Bertz CT molecular complexity index is 943. The Morgan fingerprint density at radius 1 is 0.971 bits per heavy atom. The van der Waals surface area contributed by atoms with Gasteiger partial charge in [0.2, 0.25) is 5.91 Å². The second kappa shape index (κ2) is 11.5. The van der Waals surface area contributed by atoms with Crippen LogP contribution in [0.25, 0.3) is 0 Å². The summed E-state index contributed by atoms with van der Waals surface area (Å²) in [4.78, 5) is 18.4. The van der Waals surface area contributed by atoms with Gasteiger partial charge in [-0.05, 0) is 66.0 Å². The number of nitrogens with one attached hydrogen (secondary N) is 1. The van der Waals surface area contributed by atoms with Gasteiger partial charge in [0, 0.05) is 21.1 Å². The molecule has 1 heterocycles. The van der Waals surface area contributed by atoms with Crippen molar-refractivity contribution in [1.82, 2.24) is 10.3 Å². The SMILES string of the molecule is Cc1cccc(CNC(=O)CS[C@@H]2CCCC[C@H]2Sc2cc(C(C)(C)C)cc(C(C)(C)C)c2)n1. The van der Waals surface area contributed by atoms with E-state index in [9.17, 15) is 4.79 Å². The summed E-state index contributed by atoms with van der Waals surface area (Å²) in [6.07, 6.45) is 4.96. The summed E-state index contributed by atoms with van der Waals surface area (Å²) in [5, 5.41) is 4.11. The van der Waals surface area contributed by atoms with Gasteiger partial charge in [-0.2, -0.15) is 0 Å². The topological polar surface area (TPSA) is 42.0 Å². The Hall–Kier alpha value is -1.46. The van der Waals surface area contributed by atoms with E-state index in [1.54, 1.807) is 0 Å². The molecule has 1 N–H and O–H groups in total. The molecule has 1 aliphatic rings. The largest absolute Gasteiger partial charge is 0.350 e. The average molecular weight is 499 g/mol. The third kappa shape index (κ3) is 8.05. The molecule has 0 saturated heterocycles. The predicted octanol–water partition coefficient (Wildman–Crippen LogP) is 7.44. The van der Waals surface area contributed by atoms with E-state index < -0.39 is 0 Å². The van der Waals surface area contributed by atoms with E-state index in [0.29, 0.717) is 22.8 Å². The molecule has 0 bridgehead atoms. The molecule has 1 saturated carbocycles. The number of hydrogen-bond donors (Lipinski definition) is 1. The smallest absolute Gasteiger partial charge is 0.230 e. The maximum Gasteiger partial charge on any atom is 0.230 e. The minimum atomic E-state index is 0.104. The molecule has 2 aromatic rings. The predicted molar refractivity (Wildman–Crippen MR) is 149 cm³/mol. The van der Waals surface area contributed by atoms with Crippen molar-refractivity contribution < 1.29 is 4.79 Å². The molecule has 34 heavy (non-hydrogen) atoms. The summed E-state index contributed by atoms with van der Waals surface area (Å²) in [5.41, 5.74) is 4.97. The fourth-order valence-corrected chi connectivity index (χ4v) is 7.08. The summed E-state index contributed by atoms with van der Waals surface area (Å²) in [7, 11) is 0. The fraction of sp³-hybridized carbons (Fsp3) is 0.586. The van der Waals surface area contributed by atoms with Crippen LogP contribution in [0.1, 0.15) is 89.7 Å². The van der Waals surface area contributed by atoms with E-state index in [0.717, 1.165) is 11.4 Å². The minimum absolute atomic E-state index is 0.104. The number of amides is 1. The van der Waals surface area contributed by atoms with Gasteiger partial charge in [-0.15, -0.1) is 23.5 Å². The number of aromatic nitrogens is 1.